The second-order valence-electron chi connectivity index (χ2n) is 4.05. The van der Waals surface area contributed by atoms with Gasteiger partial charge in [-0.3, -0.25) is 4.79 Å². The molecule has 6 nitrogen and oxygen atoms in total. The molecule has 0 bridgehead atoms. The first-order chi connectivity index (χ1) is 8.65. The van der Waals surface area contributed by atoms with Gasteiger partial charge in [-0.2, -0.15) is 5.10 Å². The Morgan fingerprint density at radius 3 is 2.78 bits per heavy atom. The summed E-state index contributed by atoms with van der Waals surface area (Å²) in [5.74, 6) is -0.107. The van der Waals surface area contributed by atoms with Gasteiger partial charge in [-0.15, -0.1) is 0 Å². The monoisotopic (exact) mass is 245 g/mol. The summed E-state index contributed by atoms with van der Waals surface area (Å²) in [4.78, 5) is 15.5. The highest BCUT2D eigenvalue weighted by Gasteiger charge is 2.09. The summed E-state index contributed by atoms with van der Waals surface area (Å²) in [6.45, 7) is 2.09. The lowest BCUT2D eigenvalue weighted by Crippen LogP contribution is -2.30. The van der Waals surface area contributed by atoms with Gasteiger partial charge in [0.25, 0.3) is 0 Å². The highest BCUT2D eigenvalue weighted by molar-refractivity contribution is 5.76. The molecule has 1 amide bonds. The van der Waals surface area contributed by atoms with Crippen LogP contribution in [0.5, 0.6) is 0 Å². The standard InChI is InChI=1S/C12H15N5O/c1-9(10-2-4-11(13)5-3-10)16-12(18)6-17-8-14-7-15-17/h2-5,7-9H,6,13H2,1H3,(H,16,18). The number of amides is 1. The molecule has 0 saturated carbocycles. The van der Waals surface area contributed by atoms with E-state index in [4.69, 9.17) is 5.73 Å². The van der Waals surface area contributed by atoms with Gasteiger partial charge < -0.3 is 11.1 Å². The minimum absolute atomic E-state index is 0.0679. The first-order valence-corrected chi connectivity index (χ1v) is 5.62. The topological polar surface area (TPSA) is 85.8 Å². The number of hydrogen-bond acceptors (Lipinski definition) is 4. The van der Waals surface area contributed by atoms with Crippen molar-refractivity contribution < 1.29 is 4.79 Å². The van der Waals surface area contributed by atoms with E-state index in [1.165, 1.54) is 17.3 Å². The van der Waals surface area contributed by atoms with E-state index in [2.05, 4.69) is 15.4 Å². The molecule has 2 aromatic rings. The lowest BCUT2D eigenvalue weighted by Gasteiger charge is -2.14. The molecule has 1 unspecified atom stereocenters. The van der Waals surface area contributed by atoms with E-state index in [1.807, 2.05) is 31.2 Å². The highest BCUT2D eigenvalue weighted by Crippen LogP contribution is 2.13. The predicted molar refractivity (Wildman–Crippen MR) is 67.4 cm³/mol. The van der Waals surface area contributed by atoms with Crippen LogP contribution in [0.3, 0.4) is 0 Å². The van der Waals surface area contributed by atoms with Crippen LogP contribution in [0.15, 0.2) is 36.9 Å². The quantitative estimate of drug-likeness (QED) is 0.778. The van der Waals surface area contributed by atoms with Crippen LogP contribution in [-0.4, -0.2) is 20.7 Å². The minimum Gasteiger partial charge on any atom is -0.399 e. The van der Waals surface area contributed by atoms with Gasteiger partial charge in [-0.1, -0.05) is 12.1 Å². The van der Waals surface area contributed by atoms with E-state index >= 15 is 0 Å². The lowest BCUT2D eigenvalue weighted by atomic mass is 10.1. The number of nitrogens with one attached hydrogen (secondary N) is 1. The predicted octanol–water partition coefficient (Wildman–Crippen LogP) is 0.738. The number of hydrogen-bond donors (Lipinski definition) is 2. The zero-order valence-electron chi connectivity index (χ0n) is 10.1. The summed E-state index contributed by atoms with van der Waals surface area (Å²) in [7, 11) is 0. The number of rotatable bonds is 4. The van der Waals surface area contributed by atoms with E-state index in [0.717, 1.165) is 5.56 Å². The Hall–Kier alpha value is -2.37. The van der Waals surface area contributed by atoms with Gasteiger partial charge in [-0.25, -0.2) is 9.67 Å². The van der Waals surface area contributed by atoms with Crippen molar-refractivity contribution in [3.05, 3.63) is 42.5 Å². The van der Waals surface area contributed by atoms with E-state index in [0.29, 0.717) is 5.69 Å². The molecule has 1 aromatic carbocycles. The fraction of sp³-hybridized carbons (Fsp3) is 0.250. The lowest BCUT2D eigenvalue weighted by molar-refractivity contribution is -0.122. The molecule has 0 aliphatic rings. The van der Waals surface area contributed by atoms with Crippen LogP contribution in [0.4, 0.5) is 5.69 Å². The van der Waals surface area contributed by atoms with Gasteiger partial charge in [0.15, 0.2) is 0 Å². The van der Waals surface area contributed by atoms with Crippen LogP contribution in [0.2, 0.25) is 0 Å². The summed E-state index contributed by atoms with van der Waals surface area (Å²) in [5.41, 5.74) is 7.33. The molecule has 0 aliphatic heterocycles. The molecule has 3 N–H and O–H groups in total. The Labute approximate surface area is 105 Å². The molecular weight excluding hydrogens is 230 g/mol. The molecule has 2 rings (SSSR count). The fourth-order valence-electron chi connectivity index (χ4n) is 1.62. The number of nitrogen functional groups attached to an aromatic ring is 1. The number of aromatic nitrogens is 3. The molecule has 0 radical (unpaired) electrons. The largest absolute Gasteiger partial charge is 0.399 e. The second-order valence-corrected chi connectivity index (χ2v) is 4.05. The van der Waals surface area contributed by atoms with Crippen molar-refractivity contribution in [3.63, 3.8) is 0 Å². The average Bonchev–Trinajstić information content (AvgIpc) is 2.82. The molecule has 94 valence electrons. The molecule has 0 aliphatic carbocycles. The fourth-order valence-corrected chi connectivity index (χ4v) is 1.62. The maximum atomic E-state index is 11.7. The molecule has 1 atom stereocenters. The van der Waals surface area contributed by atoms with Crippen molar-refractivity contribution in [2.75, 3.05) is 5.73 Å². The Morgan fingerprint density at radius 1 is 1.44 bits per heavy atom. The van der Waals surface area contributed by atoms with E-state index in [-0.39, 0.29) is 18.5 Å². The summed E-state index contributed by atoms with van der Waals surface area (Å²) >= 11 is 0. The Balaban J connectivity index is 1.92. The van der Waals surface area contributed by atoms with Crippen LogP contribution >= 0.6 is 0 Å². The number of carbonyl (C=O) groups excluding carboxylic acids is 1. The van der Waals surface area contributed by atoms with E-state index in [9.17, 15) is 4.79 Å². The summed E-state index contributed by atoms with van der Waals surface area (Å²) in [5, 5.41) is 6.76. The number of benzene rings is 1. The normalized spacial score (nSPS) is 12.1. The van der Waals surface area contributed by atoms with Gasteiger partial charge in [0.1, 0.15) is 19.2 Å². The maximum Gasteiger partial charge on any atom is 0.242 e. The minimum atomic E-state index is -0.107. The number of anilines is 1. The van der Waals surface area contributed by atoms with Crippen molar-refractivity contribution in [1.29, 1.82) is 0 Å². The molecule has 0 saturated heterocycles. The van der Waals surface area contributed by atoms with Crippen molar-refractivity contribution in [2.24, 2.45) is 0 Å². The smallest absolute Gasteiger partial charge is 0.242 e. The highest BCUT2D eigenvalue weighted by atomic mass is 16.2. The molecular formula is C12H15N5O. The van der Waals surface area contributed by atoms with Crippen LogP contribution in [0, 0.1) is 0 Å². The van der Waals surface area contributed by atoms with Gasteiger partial charge >= 0.3 is 0 Å². The molecule has 18 heavy (non-hydrogen) atoms. The van der Waals surface area contributed by atoms with Crippen LogP contribution in [0.1, 0.15) is 18.5 Å². The number of nitrogens with two attached hydrogens (primary N) is 1. The summed E-state index contributed by atoms with van der Waals surface area (Å²) in [6.07, 6.45) is 2.91. The Morgan fingerprint density at radius 2 is 2.17 bits per heavy atom. The van der Waals surface area contributed by atoms with E-state index in [1.54, 1.807) is 0 Å². The van der Waals surface area contributed by atoms with E-state index < -0.39 is 0 Å². The second kappa shape index (κ2) is 5.31. The Bertz CT molecular complexity index is 506. The van der Waals surface area contributed by atoms with Crippen molar-refractivity contribution in [3.8, 4) is 0 Å². The molecule has 1 heterocycles. The van der Waals surface area contributed by atoms with Crippen molar-refractivity contribution in [1.82, 2.24) is 20.1 Å². The van der Waals surface area contributed by atoms with Crippen LogP contribution < -0.4 is 11.1 Å². The Kier molecular flexibility index (Phi) is 3.57. The molecule has 6 heteroatoms. The zero-order chi connectivity index (χ0) is 13.0. The summed E-state index contributed by atoms with van der Waals surface area (Å²) in [6, 6.07) is 7.36. The number of nitrogens with zero attached hydrogens (tertiary/aromatic N) is 3. The maximum absolute atomic E-state index is 11.7. The third-order valence-electron chi connectivity index (χ3n) is 2.59. The van der Waals surface area contributed by atoms with Gasteiger partial charge in [0.2, 0.25) is 5.91 Å². The van der Waals surface area contributed by atoms with Crippen LogP contribution in [0.25, 0.3) is 0 Å². The van der Waals surface area contributed by atoms with Crippen molar-refractivity contribution in [2.45, 2.75) is 19.5 Å². The zero-order valence-corrected chi connectivity index (χ0v) is 10.1. The average molecular weight is 245 g/mol. The van der Waals surface area contributed by atoms with Gasteiger partial charge in [0.05, 0.1) is 6.04 Å². The van der Waals surface area contributed by atoms with Gasteiger partial charge in [0, 0.05) is 5.69 Å². The molecule has 0 spiro atoms. The summed E-state index contributed by atoms with van der Waals surface area (Å²) < 4.78 is 1.48. The first-order valence-electron chi connectivity index (χ1n) is 5.62. The molecule has 0 fully saturated rings. The van der Waals surface area contributed by atoms with Gasteiger partial charge in [-0.05, 0) is 24.6 Å². The number of carbonyl (C=O) groups is 1. The van der Waals surface area contributed by atoms with Crippen LogP contribution in [-0.2, 0) is 11.3 Å². The SMILES string of the molecule is CC(NC(=O)Cn1cncn1)c1ccc(N)cc1. The van der Waals surface area contributed by atoms with Crippen molar-refractivity contribution >= 4 is 11.6 Å². The third kappa shape index (κ3) is 3.07. The third-order valence-corrected chi connectivity index (χ3v) is 2.59. The molecule has 1 aromatic heterocycles. The first kappa shape index (κ1) is 12.1.